The number of likely N-dealkylation sites (tertiary alicyclic amines) is 1. The Morgan fingerprint density at radius 1 is 1.29 bits per heavy atom. The second-order valence-electron chi connectivity index (χ2n) is 6.18. The van der Waals surface area contributed by atoms with Crippen LogP contribution in [-0.4, -0.2) is 54.4 Å². The van der Waals surface area contributed by atoms with Crippen molar-refractivity contribution in [2.75, 3.05) is 31.6 Å². The van der Waals surface area contributed by atoms with Gasteiger partial charge in [0.25, 0.3) is 5.91 Å². The maximum absolute atomic E-state index is 12.8. The van der Waals surface area contributed by atoms with E-state index in [1.54, 1.807) is 23.9 Å². The van der Waals surface area contributed by atoms with Gasteiger partial charge < -0.3 is 16.0 Å². The van der Waals surface area contributed by atoms with Crippen molar-refractivity contribution in [2.24, 2.45) is 11.7 Å². The van der Waals surface area contributed by atoms with Gasteiger partial charge in [0, 0.05) is 18.7 Å². The Kier molecular flexibility index (Phi) is 7.59. The molecule has 1 unspecified atom stereocenters. The van der Waals surface area contributed by atoms with Crippen LogP contribution in [0.25, 0.3) is 0 Å². The Bertz CT molecular complexity index is 530. The van der Waals surface area contributed by atoms with E-state index in [2.05, 4.69) is 5.32 Å². The van der Waals surface area contributed by atoms with Crippen LogP contribution < -0.4 is 11.1 Å². The highest BCUT2D eigenvalue weighted by atomic mass is 32.2. The molecule has 1 aromatic carbocycles. The first-order valence-electron chi connectivity index (χ1n) is 8.49. The van der Waals surface area contributed by atoms with Crippen LogP contribution >= 0.6 is 11.8 Å². The van der Waals surface area contributed by atoms with Gasteiger partial charge in [-0.15, -0.1) is 0 Å². The van der Waals surface area contributed by atoms with Crippen LogP contribution in [0, 0.1) is 5.92 Å². The number of thioether (sulfide) groups is 1. The number of nitrogens with one attached hydrogen (secondary N) is 1. The second kappa shape index (κ2) is 9.69. The van der Waals surface area contributed by atoms with E-state index >= 15 is 0 Å². The first kappa shape index (κ1) is 18.8. The molecule has 132 valence electrons. The number of hydrogen-bond acceptors (Lipinski definition) is 4. The average molecular weight is 350 g/mol. The normalized spacial score (nSPS) is 16.7. The molecule has 0 bridgehead atoms. The third-order valence-electron chi connectivity index (χ3n) is 4.51. The number of amides is 2. The largest absolute Gasteiger partial charge is 0.341 e. The predicted octanol–water partition coefficient (Wildman–Crippen LogP) is 1.74. The molecule has 2 amide bonds. The van der Waals surface area contributed by atoms with Gasteiger partial charge in [0.1, 0.15) is 6.04 Å². The van der Waals surface area contributed by atoms with Crippen molar-refractivity contribution in [3.8, 4) is 0 Å². The Balaban J connectivity index is 1.99. The van der Waals surface area contributed by atoms with E-state index in [9.17, 15) is 9.59 Å². The van der Waals surface area contributed by atoms with E-state index in [-0.39, 0.29) is 11.8 Å². The standard InChI is InChI=1S/C18H27N3O2S/c1-24-12-9-16(20-17(22)15-5-3-2-4-6-15)18(23)21-10-7-14(13-19)8-11-21/h2-6,14,16H,7-13,19H2,1H3,(H,20,22). The summed E-state index contributed by atoms with van der Waals surface area (Å²) in [5, 5.41) is 2.92. The lowest BCUT2D eigenvalue weighted by Gasteiger charge is -2.34. The smallest absolute Gasteiger partial charge is 0.251 e. The molecule has 1 fully saturated rings. The number of piperidine rings is 1. The van der Waals surface area contributed by atoms with Gasteiger partial charge >= 0.3 is 0 Å². The summed E-state index contributed by atoms with van der Waals surface area (Å²) >= 11 is 1.68. The van der Waals surface area contributed by atoms with E-state index in [4.69, 9.17) is 5.73 Å². The zero-order valence-electron chi connectivity index (χ0n) is 14.2. The van der Waals surface area contributed by atoms with Crippen molar-refractivity contribution in [2.45, 2.75) is 25.3 Å². The van der Waals surface area contributed by atoms with Crippen molar-refractivity contribution < 1.29 is 9.59 Å². The van der Waals surface area contributed by atoms with Crippen molar-refractivity contribution in [1.29, 1.82) is 0 Å². The maximum Gasteiger partial charge on any atom is 0.251 e. The zero-order valence-corrected chi connectivity index (χ0v) is 15.1. The highest BCUT2D eigenvalue weighted by Gasteiger charge is 2.28. The SMILES string of the molecule is CSCCC(NC(=O)c1ccccc1)C(=O)N1CCC(CN)CC1. The molecule has 2 rings (SSSR count). The number of carbonyl (C=O) groups excluding carboxylic acids is 2. The fourth-order valence-corrected chi connectivity index (χ4v) is 3.41. The predicted molar refractivity (Wildman–Crippen MR) is 99.1 cm³/mol. The van der Waals surface area contributed by atoms with Crippen molar-refractivity contribution >= 4 is 23.6 Å². The molecule has 1 saturated heterocycles. The van der Waals surface area contributed by atoms with Crippen molar-refractivity contribution in [3.05, 3.63) is 35.9 Å². The zero-order chi connectivity index (χ0) is 17.4. The quantitative estimate of drug-likeness (QED) is 0.786. The molecule has 1 aliphatic rings. The molecule has 3 N–H and O–H groups in total. The summed E-state index contributed by atoms with van der Waals surface area (Å²) in [5.74, 6) is 1.19. The Labute approximate surface area is 148 Å². The molecule has 24 heavy (non-hydrogen) atoms. The average Bonchev–Trinajstić information content (AvgIpc) is 2.65. The summed E-state index contributed by atoms with van der Waals surface area (Å²) in [6.07, 6.45) is 4.55. The highest BCUT2D eigenvalue weighted by Crippen LogP contribution is 2.17. The van der Waals surface area contributed by atoms with Gasteiger partial charge in [0.2, 0.25) is 5.91 Å². The molecule has 1 aliphatic heterocycles. The first-order valence-corrected chi connectivity index (χ1v) is 9.88. The van der Waals surface area contributed by atoms with Crippen LogP contribution in [0.1, 0.15) is 29.6 Å². The number of nitrogens with zero attached hydrogens (tertiary/aromatic N) is 1. The summed E-state index contributed by atoms with van der Waals surface area (Å²) < 4.78 is 0. The number of benzene rings is 1. The number of rotatable bonds is 7. The minimum Gasteiger partial charge on any atom is -0.341 e. The van der Waals surface area contributed by atoms with Crippen molar-refractivity contribution in [3.63, 3.8) is 0 Å². The Hall–Kier alpha value is -1.53. The number of nitrogens with two attached hydrogens (primary N) is 1. The third-order valence-corrected chi connectivity index (χ3v) is 5.15. The van der Waals surface area contributed by atoms with Gasteiger partial charge in [-0.05, 0) is 55.9 Å². The summed E-state index contributed by atoms with van der Waals surface area (Å²) in [5.41, 5.74) is 6.30. The molecule has 0 spiro atoms. The van der Waals surface area contributed by atoms with E-state index in [1.807, 2.05) is 29.4 Å². The maximum atomic E-state index is 12.8. The molecule has 5 nitrogen and oxygen atoms in total. The molecular weight excluding hydrogens is 322 g/mol. The minimum absolute atomic E-state index is 0.0313. The number of carbonyl (C=O) groups is 2. The molecule has 0 saturated carbocycles. The molecular formula is C18H27N3O2S. The van der Waals surface area contributed by atoms with Crippen molar-refractivity contribution in [1.82, 2.24) is 10.2 Å². The monoisotopic (exact) mass is 349 g/mol. The second-order valence-corrected chi connectivity index (χ2v) is 7.16. The van der Waals surface area contributed by atoms with Gasteiger partial charge in [-0.3, -0.25) is 9.59 Å². The van der Waals surface area contributed by atoms with Crippen LogP contribution in [0.3, 0.4) is 0 Å². The van der Waals surface area contributed by atoms with Crippen LogP contribution in [0.5, 0.6) is 0 Å². The Morgan fingerprint density at radius 2 is 1.96 bits per heavy atom. The van der Waals surface area contributed by atoms with Gasteiger partial charge in [0.15, 0.2) is 0 Å². The molecule has 6 heteroatoms. The summed E-state index contributed by atoms with van der Waals surface area (Å²) in [4.78, 5) is 27.1. The minimum atomic E-state index is -0.459. The first-order chi connectivity index (χ1) is 11.7. The molecule has 1 aromatic rings. The fourth-order valence-electron chi connectivity index (χ4n) is 2.93. The lowest BCUT2D eigenvalue weighted by molar-refractivity contribution is -0.134. The van der Waals surface area contributed by atoms with Crippen LogP contribution in [0.15, 0.2) is 30.3 Å². The lowest BCUT2D eigenvalue weighted by Crippen LogP contribution is -2.51. The van der Waals surface area contributed by atoms with E-state index in [0.717, 1.165) is 31.7 Å². The van der Waals surface area contributed by atoms with E-state index < -0.39 is 6.04 Å². The third kappa shape index (κ3) is 5.24. The summed E-state index contributed by atoms with van der Waals surface area (Å²) in [6, 6.07) is 8.58. The van der Waals surface area contributed by atoms with Gasteiger partial charge in [-0.1, -0.05) is 18.2 Å². The topological polar surface area (TPSA) is 75.4 Å². The summed E-state index contributed by atoms with van der Waals surface area (Å²) in [6.45, 7) is 2.15. The van der Waals surface area contributed by atoms with Crippen LogP contribution in [0.2, 0.25) is 0 Å². The highest BCUT2D eigenvalue weighted by molar-refractivity contribution is 7.98. The lowest BCUT2D eigenvalue weighted by atomic mass is 9.96. The van der Waals surface area contributed by atoms with E-state index in [1.165, 1.54) is 0 Å². The van der Waals surface area contributed by atoms with Gasteiger partial charge in [0.05, 0.1) is 0 Å². The summed E-state index contributed by atoms with van der Waals surface area (Å²) in [7, 11) is 0. The van der Waals surface area contributed by atoms with Crippen LogP contribution in [0.4, 0.5) is 0 Å². The molecule has 1 atom stereocenters. The van der Waals surface area contributed by atoms with Gasteiger partial charge in [-0.25, -0.2) is 0 Å². The van der Waals surface area contributed by atoms with Gasteiger partial charge in [-0.2, -0.15) is 11.8 Å². The molecule has 1 heterocycles. The molecule has 0 aliphatic carbocycles. The van der Waals surface area contributed by atoms with Crippen LogP contribution in [-0.2, 0) is 4.79 Å². The molecule has 0 aromatic heterocycles. The van der Waals surface area contributed by atoms with E-state index in [0.29, 0.717) is 24.4 Å². The Morgan fingerprint density at radius 3 is 2.54 bits per heavy atom. The fraction of sp³-hybridized carbons (Fsp3) is 0.556. The molecule has 0 radical (unpaired) electrons. The number of hydrogen-bond donors (Lipinski definition) is 2.